The summed E-state index contributed by atoms with van der Waals surface area (Å²) in [4.78, 5) is 0. The van der Waals surface area contributed by atoms with Crippen LogP contribution in [0.15, 0.2) is 30.7 Å². The molecule has 3 heterocycles. The molecule has 0 unspecified atom stereocenters. The highest BCUT2D eigenvalue weighted by Crippen LogP contribution is 2.35. The van der Waals surface area contributed by atoms with Gasteiger partial charge in [-0.05, 0) is 38.3 Å². The maximum atomic E-state index is 5.98. The largest absolute Gasteiger partial charge is 0.370 e. The number of hydrogen-bond donors (Lipinski definition) is 1. The van der Waals surface area contributed by atoms with Gasteiger partial charge in [0, 0.05) is 43.8 Å². The van der Waals surface area contributed by atoms with Gasteiger partial charge in [-0.25, -0.2) is 0 Å². The van der Waals surface area contributed by atoms with Gasteiger partial charge in [-0.3, -0.25) is 9.36 Å². The van der Waals surface area contributed by atoms with Crippen LogP contribution >= 0.6 is 0 Å². The van der Waals surface area contributed by atoms with Crippen molar-refractivity contribution < 1.29 is 4.74 Å². The lowest BCUT2D eigenvalue weighted by molar-refractivity contribution is 0.0816. The number of nitrogens with zero attached hydrogens (tertiary/aromatic N) is 4. The topological polar surface area (TPSA) is 56.9 Å². The molecule has 0 aromatic carbocycles. The van der Waals surface area contributed by atoms with E-state index < -0.39 is 0 Å². The molecular weight excluding hydrogens is 278 g/mol. The Balaban J connectivity index is 1.37. The van der Waals surface area contributed by atoms with Gasteiger partial charge in [-0.1, -0.05) is 0 Å². The summed E-state index contributed by atoms with van der Waals surface area (Å²) in [5.41, 5.74) is 1.19. The molecule has 4 rings (SSSR count). The molecule has 2 fully saturated rings. The molecule has 1 saturated heterocycles. The van der Waals surface area contributed by atoms with Gasteiger partial charge < -0.3 is 10.1 Å². The first kappa shape index (κ1) is 14.0. The van der Waals surface area contributed by atoms with E-state index in [9.17, 15) is 0 Å². The maximum absolute atomic E-state index is 5.98. The first-order chi connectivity index (χ1) is 10.8. The summed E-state index contributed by atoms with van der Waals surface area (Å²) in [5.74, 6) is 0. The van der Waals surface area contributed by atoms with Crippen LogP contribution < -0.4 is 5.32 Å². The molecule has 1 saturated carbocycles. The lowest BCUT2D eigenvalue weighted by Crippen LogP contribution is -2.48. The fraction of sp³-hybridized carbons (Fsp3) is 0.625. The summed E-state index contributed by atoms with van der Waals surface area (Å²) in [7, 11) is 0. The SMILES string of the molecule is CCn1nccc1[C@@H]1OCC[C@H]1NC1CC(n2cccn2)C1. The fourth-order valence-corrected chi connectivity index (χ4v) is 3.64. The van der Waals surface area contributed by atoms with Gasteiger partial charge in [0.05, 0.1) is 11.7 Å². The molecule has 2 aromatic heterocycles. The van der Waals surface area contributed by atoms with Crippen molar-refractivity contribution in [3.63, 3.8) is 0 Å². The van der Waals surface area contributed by atoms with Gasteiger partial charge in [-0.15, -0.1) is 0 Å². The number of aromatic nitrogens is 4. The van der Waals surface area contributed by atoms with Crippen LogP contribution in [-0.2, 0) is 11.3 Å². The molecule has 1 aliphatic heterocycles. The third-order valence-electron chi connectivity index (χ3n) is 4.89. The van der Waals surface area contributed by atoms with Crippen molar-refractivity contribution in [2.75, 3.05) is 6.61 Å². The van der Waals surface area contributed by atoms with Crippen molar-refractivity contribution in [3.8, 4) is 0 Å². The van der Waals surface area contributed by atoms with Crippen LogP contribution in [0.4, 0.5) is 0 Å². The van der Waals surface area contributed by atoms with E-state index in [-0.39, 0.29) is 6.10 Å². The Bertz CT molecular complexity index is 602. The Morgan fingerprint density at radius 1 is 1.32 bits per heavy atom. The normalized spacial score (nSPS) is 31.3. The molecule has 0 radical (unpaired) electrons. The summed E-state index contributed by atoms with van der Waals surface area (Å²) in [5, 5.41) is 12.5. The quantitative estimate of drug-likeness (QED) is 0.917. The molecule has 2 atom stereocenters. The van der Waals surface area contributed by atoms with Gasteiger partial charge in [-0.2, -0.15) is 10.2 Å². The third kappa shape index (κ3) is 2.46. The standard InChI is InChI=1S/C16H23N5O/c1-2-20-15(4-7-18-20)16-14(5-9-22-16)19-12-10-13(11-12)21-8-3-6-17-21/h3-4,6-8,12-14,16,19H,2,5,9-11H2,1H3/t12?,13?,14-,16-/m1/s1. The zero-order valence-corrected chi connectivity index (χ0v) is 12.9. The second kappa shape index (κ2) is 5.85. The van der Waals surface area contributed by atoms with Crippen molar-refractivity contribution in [2.45, 2.75) is 57.0 Å². The van der Waals surface area contributed by atoms with Gasteiger partial charge in [0.1, 0.15) is 6.10 Å². The highest BCUT2D eigenvalue weighted by Gasteiger charge is 2.37. The highest BCUT2D eigenvalue weighted by molar-refractivity contribution is 5.10. The Kier molecular flexibility index (Phi) is 3.72. The Morgan fingerprint density at radius 2 is 2.23 bits per heavy atom. The van der Waals surface area contributed by atoms with Crippen LogP contribution in [0.1, 0.15) is 44.0 Å². The zero-order chi connectivity index (χ0) is 14.9. The van der Waals surface area contributed by atoms with E-state index in [2.05, 4.69) is 39.4 Å². The second-order valence-corrected chi connectivity index (χ2v) is 6.23. The van der Waals surface area contributed by atoms with Crippen LogP contribution in [0.3, 0.4) is 0 Å². The van der Waals surface area contributed by atoms with E-state index in [1.807, 2.05) is 23.1 Å². The number of nitrogens with one attached hydrogen (secondary N) is 1. The predicted molar refractivity (Wildman–Crippen MR) is 82.4 cm³/mol. The molecule has 118 valence electrons. The Labute approximate surface area is 130 Å². The lowest BCUT2D eigenvalue weighted by atomic mass is 9.85. The minimum absolute atomic E-state index is 0.131. The molecule has 1 N–H and O–H groups in total. The smallest absolute Gasteiger partial charge is 0.114 e. The van der Waals surface area contributed by atoms with Gasteiger partial charge in [0.15, 0.2) is 0 Å². The molecular formula is C16H23N5O. The minimum atomic E-state index is 0.131. The number of hydrogen-bond acceptors (Lipinski definition) is 4. The number of aryl methyl sites for hydroxylation is 1. The average Bonchev–Trinajstić information content (AvgIpc) is 3.21. The van der Waals surface area contributed by atoms with Crippen molar-refractivity contribution in [2.24, 2.45) is 0 Å². The molecule has 0 spiro atoms. The van der Waals surface area contributed by atoms with Gasteiger partial charge in [0.25, 0.3) is 0 Å². The predicted octanol–water partition coefficient (Wildman–Crippen LogP) is 1.92. The summed E-state index contributed by atoms with van der Waals surface area (Å²) in [6, 6.07) is 5.59. The van der Waals surface area contributed by atoms with Crippen LogP contribution in [-0.4, -0.2) is 38.3 Å². The lowest BCUT2D eigenvalue weighted by Gasteiger charge is -2.38. The molecule has 0 bridgehead atoms. The van der Waals surface area contributed by atoms with Crippen LogP contribution in [0, 0.1) is 0 Å². The summed E-state index contributed by atoms with van der Waals surface area (Å²) in [6.07, 6.45) is 9.29. The van der Waals surface area contributed by atoms with Crippen molar-refractivity contribution >= 4 is 0 Å². The Morgan fingerprint density at radius 3 is 3.00 bits per heavy atom. The summed E-state index contributed by atoms with van der Waals surface area (Å²) in [6.45, 7) is 3.83. The van der Waals surface area contributed by atoms with E-state index >= 15 is 0 Å². The molecule has 2 aromatic rings. The molecule has 1 aliphatic carbocycles. The van der Waals surface area contributed by atoms with Crippen molar-refractivity contribution in [1.82, 2.24) is 24.9 Å². The molecule has 2 aliphatic rings. The third-order valence-corrected chi connectivity index (χ3v) is 4.89. The summed E-state index contributed by atoms with van der Waals surface area (Å²) >= 11 is 0. The summed E-state index contributed by atoms with van der Waals surface area (Å²) < 4.78 is 10.1. The zero-order valence-electron chi connectivity index (χ0n) is 12.9. The fourth-order valence-electron chi connectivity index (χ4n) is 3.64. The molecule has 22 heavy (non-hydrogen) atoms. The minimum Gasteiger partial charge on any atom is -0.370 e. The Hall–Kier alpha value is -1.66. The van der Waals surface area contributed by atoms with Crippen LogP contribution in [0.25, 0.3) is 0 Å². The van der Waals surface area contributed by atoms with E-state index in [4.69, 9.17) is 4.74 Å². The van der Waals surface area contributed by atoms with E-state index in [0.29, 0.717) is 18.1 Å². The van der Waals surface area contributed by atoms with Gasteiger partial charge in [0.2, 0.25) is 0 Å². The molecule has 6 nitrogen and oxygen atoms in total. The van der Waals surface area contributed by atoms with E-state index in [1.165, 1.54) is 5.69 Å². The average molecular weight is 301 g/mol. The van der Waals surface area contributed by atoms with Gasteiger partial charge >= 0.3 is 0 Å². The van der Waals surface area contributed by atoms with Crippen molar-refractivity contribution in [1.29, 1.82) is 0 Å². The first-order valence-electron chi connectivity index (χ1n) is 8.23. The van der Waals surface area contributed by atoms with Crippen molar-refractivity contribution in [3.05, 3.63) is 36.4 Å². The van der Waals surface area contributed by atoms with E-state index in [1.54, 1.807) is 0 Å². The number of ether oxygens (including phenoxy) is 1. The molecule has 6 heteroatoms. The second-order valence-electron chi connectivity index (χ2n) is 6.23. The monoisotopic (exact) mass is 301 g/mol. The number of rotatable bonds is 5. The van der Waals surface area contributed by atoms with Crippen LogP contribution in [0.5, 0.6) is 0 Å². The van der Waals surface area contributed by atoms with Crippen LogP contribution in [0.2, 0.25) is 0 Å². The maximum Gasteiger partial charge on any atom is 0.114 e. The highest BCUT2D eigenvalue weighted by atomic mass is 16.5. The molecule has 0 amide bonds. The first-order valence-corrected chi connectivity index (χ1v) is 8.23. The van der Waals surface area contributed by atoms with E-state index in [0.717, 1.165) is 32.4 Å².